The zero-order valence-electron chi connectivity index (χ0n) is 18.7. The number of amides is 2. The number of carbonyl (C=O) groups is 2. The normalized spacial score (nSPS) is 30.0. The Morgan fingerprint density at radius 1 is 1.24 bits per heavy atom. The summed E-state index contributed by atoms with van der Waals surface area (Å²) in [6.07, 6.45) is 4.40. The van der Waals surface area contributed by atoms with Gasteiger partial charge in [0.2, 0.25) is 5.91 Å². The fourth-order valence-electron chi connectivity index (χ4n) is 5.12. The largest absolute Gasteiger partial charge is 0.444 e. The maximum Gasteiger partial charge on any atom is 0.410 e. The third kappa shape index (κ3) is 5.23. The molecule has 0 unspecified atom stereocenters. The van der Waals surface area contributed by atoms with Crippen molar-refractivity contribution in [3.8, 4) is 0 Å². The first-order valence-corrected chi connectivity index (χ1v) is 11.1. The molecule has 3 aliphatic rings. The predicted octanol–water partition coefficient (Wildman–Crippen LogP) is 3.32. The first-order chi connectivity index (χ1) is 13.5. The number of fused-ring (bicyclic) bond motifs is 1. The number of nitrogens with one attached hydrogen (secondary N) is 1. The highest BCUT2D eigenvalue weighted by atomic mass is 16.7. The van der Waals surface area contributed by atoms with Crippen molar-refractivity contribution in [2.24, 2.45) is 17.3 Å². The molecule has 166 valence electrons. The Morgan fingerprint density at radius 3 is 2.59 bits per heavy atom. The third-order valence-corrected chi connectivity index (χ3v) is 6.45. The van der Waals surface area contributed by atoms with Gasteiger partial charge in [0, 0.05) is 26.1 Å². The molecule has 0 aromatic carbocycles. The van der Waals surface area contributed by atoms with Crippen LogP contribution < -0.4 is 5.32 Å². The number of ether oxygens (including phenoxy) is 3. The van der Waals surface area contributed by atoms with E-state index in [-0.39, 0.29) is 23.8 Å². The van der Waals surface area contributed by atoms with Gasteiger partial charge < -0.3 is 24.4 Å². The minimum Gasteiger partial charge on any atom is -0.444 e. The van der Waals surface area contributed by atoms with Crippen LogP contribution in [-0.2, 0) is 19.0 Å². The van der Waals surface area contributed by atoms with Gasteiger partial charge in [-0.15, -0.1) is 0 Å². The Labute approximate surface area is 174 Å². The molecule has 7 nitrogen and oxygen atoms in total. The maximum absolute atomic E-state index is 13.3. The van der Waals surface area contributed by atoms with E-state index in [2.05, 4.69) is 12.2 Å². The van der Waals surface area contributed by atoms with Crippen molar-refractivity contribution in [1.29, 1.82) is 0 Å². The molecule has 1 N–H and O–H groups in total. The summed E-state index contributed by atoms with van der Waals surface area (Å²) in [5.74, 6) is -0.0168. The van der Waals surface area contributed by atoms with Crippen LogP contribution in [-0.4, -0.2) is 61.1 Å². The van der Waals surface area contributed by atoms with Crippen LogP contribution in [0, 0.1) is 17.3 Å². The molecule has 0 aromatic heterocycles. The highest BCUT2D eigenvalue weighted by molar-refractivity contribution is 5.85. The molecular weight excluding hydrogens is 372 g/mol. The Kier molecular flexibility index (Phi) is 6.49. The van der Waals surface area contributed by atoms with Crippen molar-refractivity contribution in [1.82, 2.24) is 10.2 Å². The van der Waals surface area contributed by atoms with E-state index in [1.165, 1.54) is 0 Å². The van der Waals surface area contributed by atoms with Gasteiger partial charge in [-0.25, -0.2) is 4.79 Å². The van der Waals surface area contributed by atoms with E-state index in [4.69, 9.17) is 14.2 Å². The van der Waals surface area contributed by atoms with Crippen LogP contribution in [0.25, 0.3) is 0 Å². The standard InChI is InChI=1S/C22H38N2O5/c1-16(12-21(5)27-10-11-28-21)13-23-18(25)22-9-7-6-8-17(22)14-24(15-22)19(26)29-20(2,3)4/h16-17H,6-15H2,1-5H3,(H,23,25)/t16-,17-,22+/m0/s1. The van der Waals surface area contributed by atoms with Crippen LogP contribution >= 0.6 is 0 Å². The minimum absolute atomic E-state index is 0.0820. The summed E-state index contributed by atoms with van der Waals surface area (Å²) in [5, 5.41) is 3.18. The summed E-state index contributed by atoms with van der Waals surface area (Å²) < 4.78 is 16.9. The molecule has 7 heteroatoms. The Morgan fingerprint density at radius 2 is 1.93 bits per heavy atom. The second-order valence-electron chi connectivity index (χ2n) is 10.3. The smallest absolute Gasteiger partial charge is 0.410 e. The molecule has 0 spiro atoms. The quantitative estimate of drug-likeness (QED) is 0.752. The Balaban J connectivity index is 1.60. The molecule has 2 saturated heterocycles. The fraction of sp³-hybridized carbons (Fsp3) is 0.909. The molecule has 2 aliphatic heterocycles. The van der Waals surface area contributed by atoms with Crippen LogP contribution in [0.4, 0.5) is 4.79 Å². The number of likely N-dealkylation sites (tertiary alicyclic amines) is 1. The van der Waals surface area contributed by atoms with Crippen LogP contribution in [0.1, 0.15) is 66.7 Å². The Bertz CT molecular complexity index is 611. The van der Waals surface area contributed by atoms with E-state index in [1.807, 2.05) is 27.7 Å². The average molecular weight is 411 g/mol. The van der Waals surface area contributed by atoms with Crippen molar-refractivity contribution in [3.05, 3.63) is 0 Å². The van der Waals surface area contributed by atoms with Crippen molar-refractivity contribution >= 4 is 12.0 Å². The first-order valence-electron chi connectivity index (χ1n) is 11.1. The monoisotopic (exact) mass is 410 g/mol. The summed E-state index contributed by atoms with van der Waals surface area (Å²) >= 11 is 0. The lowest BCUT2D eigenvalue weighted by atomic mass is 9.67. The maximum atomic E-state index is 13.3. The van der Waals surface area contributed by atoms with E-state index >= 15 is 0 Å². The van der Waals surface area contributed by atoms with E-state index in [0.717, 1.165) is 32.1 Å². The molecular formula is C22H38N2O5. The van der Waals surface area contributed by atoms with Crippen molar-refractivity contribution in [3.63, 3.8) is 0 Å². The zero-order valence-corrected chi connectivity index (χ0v) is 18.7. The second kappa shape index (κ2) is 8.42. The van der Waals surface area contributed by atoms with Crippen LogP contribution in [0.2, 0.25) is 0 Å². The topological polar surface area (TPSA) is 77.1 Å². The van der Waals surface area contributed by atoms with Gasteiger partial charge >= 0.3 is 6.09 Å². The summed E-state index contributed by atoms with van der Waals surface area (Å²) in [5.41, 5.74) is -1.02. The minimum atomic E-state index is -0.545. The molecule has 3 rings (SSSR count). The lowest BCUT2D eigenvalue weighted by Gasteiger charge is -2.37. The average Bonchev–Trinajstić information content (AvgIpc) is 3.22. The second-order valence-corrected chi connectivity index (χ2v) is 10.3. The van der Waals surface area contributed by atoms with E-state index in [0.29, 0.717) is 32.8 Å². The van der Waals surface area contributed by atoms with Gasteiger partial charge in [-0.2, -0.15) is 0 Å². The van der Waals surface area contributed by atoms with Gasteiger partial charge in [0.25, 0.3) is 0 Å². The first kappa shape index (κ1) is 22.3. The van der Waals surface area contributed by atoms with Gasteiger partial charge in [0.1, 0.15) is 5.60 Å². The molecule has 2 heterocycles. The number of nitrogens with zero attached hydrogens (tertiary/aromatic N) is 1. The SMILES string of the molecule is C[C@H](CNC(=O)[C@@]12CCCC[C@H]1CN(C(=O)OC(C)(C)C)C2)CC1(C)OCCO1. The molecule has 0 radical (unpaired) electrons. The molecule has 0 bridgehead atoms. The summed E-state index contributed by atoms with van der Waals surface area (Å²) in [7, 11) is 0. The van der Waals surface area contributed by atoms with Gasteiger partial charge in [0.05, 0.1) is 18.6 Å². The molecule has 3 atom stereocenters. The highest BCUT2D eigenvalue weighted by Crippen LogP contribution is 2.47. The van der Waals surface area contributed by atoms with Gasteiger partial charge in [-0.05, 0) is 52.4 Å². The number of carbonyl (C=O) groups excluding carboxylic acids is 2. The molecule has 2 amide bonds. The number of hydrogen-bond acceptors (Lipinski definition) is 5. The zero-order chi connectivity index (χ0) is 21.3. The third-order valence-electron chi connectivity index (χ3n) is 6.45. The predicted molar refractivity (Wildman–Crippen MR) is 109 cm³/mol. The van der Waals surface area contributed by atoms with Crippen LogP contribution in [0.3, 0.4) is 0 Å². The molecule has 29 heavy (non-hydrogen) atoms. The van der Waals surface area contributed by atoms with E-state index < -0.39 is 16.8 Å². The van der Waals surface area contributed by atoms with Crippen LogP contribution in [0.5, 0.6) is 0 Å². The van der Waals surface area contributed by atoms with E-state index in [9.17, 15) is 9.59 Å². The lowest BCUT2D eigenvalue weighted by Crippen LogP contribution is -2.49. The van der Waals surface area contributed by atoms with Crippen molar-refractivity contribution < 1.29 is 23.8 Å². The van der Waals surface area contributed by atoms with Gasteiger partial charge in [-0.1, -0.05) is 19.8 Å². The molecule has 0 aromatic rings. The van der Waals surface area contributed by atoms with Crippen LogP contribution in [0.15, 0.2) is 0 Å². The summed E-state index contributed by atoms with van der Waals surface area (Å²) in [4.78, 5) is 27.7. The highest BCUT2D eigenvalue weighted by Gasteiger charge is 2.54. The molecule has 1 saturated carbocycles. The lowest BCUT2D eigenvalue weighted by molar-refractivity contribution is -0.154. The Hall–Kier alpha value is -1.34. The molecule has 1 aliphatic carbocycles. The fourth-order valence-corrected chi connectivity index (χ4v) is 5.12. The van der Waals surface area contributed by atoms with Gasteiger partial charge in [0.15, 0.2) is 5.79 Å². The summed E-state index contributed by atoms with van der Waals surface area (Å²) in [6, 6.07) is 0. The van der Waals surface area contributed by atoms with Crippen molar-refractivity contribution in [2.45, 2.75) is 78.1 Å². The molecule has 3 fully saturated rings. The van der Waals surface area contributed by atoms with Gasteiger partial charge in [-0.3, -0.25) is 4.79 Å². The van der Waals surface area contributed by atoms with Crippen molar-refractivity contribution in [2.75, 3.05) is 32.8 Å². The van der Waals surface area contributed by atoms with E-state index in [1.54, 1.807) is 4.90 Å². The number of rotatable bonds is 5. The number of hydrogen-bond donors (Lipinski definition) is 1. The summed E-state index contributed by atoms with van der Waals surface area (Å²) in [6.45, 7) is 12.6.